The van der Waals surface area contributed by atoms with Crippen LogP contribution in [0.15, 0.2) is 22.8 Å². The van der Waals surface area contributed by atoms with Crippen LogP contribution in [0.4, 0.5) is 0 Å². The Morgan fingerprint density at radius 3 is 2.64 bits per heavy atom. The largest absolute Gasteiger partial charge is 0.330 e. The lowest BCUT2D eigenvalue weighted by atomic mass is 9.46. The fourth-order valence-electron chi connectivity index (χ4n) is 6.21. The Morgan fingerprint density at radius 2 is 2.00 bits per heavy atom. The minimum atomic E-state index is 0.370. The number of fused-ring (bicyclic) bond motifs is 3. The van der Waals surface area contributed by atoms with Gasteiger partial charge in [-0.15, -0.1) is 0 Å². The molecule has 2 N–H and O–H groups in total. The van der Waals surface area contributed by atoms with Crippen molar-refractivity contribution in [3.63, 3.8) is 0 Å². The molecular formula is C21H35N. The van der Waals surface area contributed by atoms with Gasteiger partial charge in [-0.2, -0.15) is 0 Å². The Balaban J connectivity index is 1.97. The van der Waals surface area contributed by atoms with Gasteiger partial charge < -0.3 is 5.73 Å². The van der Waals surface area contributed by atoms with Crippen molar-refractivity contribution in [1.29, 1.82) is 0 Å². The number of rotatable bonds is 2. The molecule has 0 heterocycles. The van der Waals surface area contributed by atoms with E-state index in [-0.39, 0.29) is 0 Å². The SMILES string of the molecule is CC1=C(C(C)C)C=C2CC[C@H]3[C@](C)(CN)CCC[C@]3(C)C2C1. The summed E-state index contributed by atoms with van der Waals surface area (Å²) in [4.78, 5) is 0. The Hall–Kier alpha value is -0.560. The summed E-state index contributed by atoms with van der Waals surface area (Å²) in [6.07, 6.45) is 10.7. The Morgan fingerprint density at radius 1 is 1.27 bits per heavy atom. The smallest absolute Gasteiger partial charge is 0.00203 e. The molecule has 0 bridgehead atoms. The highest BCUT2D eigenvalue weighted by atomic mass is 14.7. The maximum atomic E-state index is 6.24. The van der Waals surface area contributed by atoms with E-state index in [1.165, 1.54) is 38.5 Å². The van der Waals surface area contributed by atoms with Crippen LogP contribution in [-0.2, 0) is 0 Å². The van der Waals surface area contributed by atoms with E-state index in [2.05, 4.69) is 40.7 Å². The Labute approximate surface area is 137 Å². The highest BCUT2D eigenvalue weighted by Crippen LogP contribution is 2.63. The molecule has 0 aliphatic heterocycles. The third-order valence-electron chi connectivity index (χ3n) is 7.50. The second-order valence-electron chi connectivity index (χ2n) is 9.18. The van der Waals surface area contributed by atoms with Crippen molar-refractivity contribution in [3.05, 3.63) is 22.8 Å². The van der Waals surface area contributed by atoms with E-state index in [1.54, 1.807) is 16.7 Å². The van der Waals surface area contributed by atoms with Gasteiger partial charge in [0.05, 0.1) is 0 Å². The molecule has 4 atom stereocenters. The van der Waals surface area contributed by atoms with E-state index in [0.717, 1.165) is 18.4 Å². The summed E-state index contributed by atoms with van der Waals surface area (Å²) in [5.41, 5.74) is 12.1. The molecule has 3 aliphatic rings. The van der Waals surface area contributed by atoms with Crippen LogP contribution in [0.25, 0.3) is 0 Å². The Kier molecular flexibility index (Phi) is 4.08. The van der Waals surface area contributed by atoms with Crippen molar-refractivity contribution in [2.75, 3.05) is 6.54 Å². The summed E-state index contributed by atoms with van der Waals surface area (Å²) in [7, 11) is 0. The molecule has 0 saturated heterocycles. The molecule has 0 spiro atoms. The number of nitrogens with two attached hydrogens (primary N) is 1. The Bertz CT molecular complexity index is 512. The van der Waals surface area contributed by atoms with E-state index in [4.69, 9.17) is 5.73 Å². The second kappa shape index (κ2) is 5.51. The minimum Gasteiger partial charge on any atom is -0.330 e. The fourth-order valence-corrected chi connectivity index (χ4v) is 6.21. The first-order valence-corrected chi connectivity index (χ1v) is 9.42. The molecule has 3 aliphatic carbocycles. The molecule has 0 amide bonds. The maximum Gasteiger partial charge on any atom is -0.00203 e. The lowest BCUT2D eigenvalue weighted by Crippen LogP contribution is -2.53. The highest BCUT2D eigenvalue weighted by molar-refractivity contribution is 5.38. The third kappa shape index (κ3) is 2.31. The molecule has 0 aromatic carbocycles. The van der Waals surface area contributed by atoms with Crippen LogP contribution in [0.5, 0.6) is 0 Å². The summed E-state index contributed by atoms with van der Waals surface area (Å²) in [6, 6.07) is 0. The van der Waals surface area contributed by atoms with Gasteiger partial charge in [0.25, 0.3) is 0 Å². The molecule has 1 nitrogen and oxygen atoms in total. The average molecular weight is 302 g/mol. The fraction of sp³-hybridized carbons (Fsp3) is 0.810. The van der Waals surface area contributed by atoms with Crippen molar-refractivity contribution in [2.24, 2.45) is 34.3 Å². The lowest BCUT2D eigenvalue weighted by Gasteiger charge is -2.59. The molecule has 0 aromatic rings. The van der Waals surface area contributed by atoms with Crippen LogP contribution in [0, 0.1) is 28.6 Å². The summed E-state index contributed by atoms with van der Waals surface area (Å²) >= 11 is 0. The predicted octanol–water partition coefficient (Wildman–Crippen LogP) is 5.47. The maximum absolute atomic E-state index is 6.24. The number of allylic oxidation sites excluding steroid dienone is 4. The van der Waals surface area contributed by atoms with Crippen molar-refractivity contribution < 1.29 is 0 Å². The zero-order chi connectivity index (χ0) is 16.1. The van der Waals surface area contributed by atoms with Gasteiger partial charge in [0.2, 0.25) is 0 Å². The monoisotopic (exact) mass is 301 g/mol. The molecule has 0 aromatic heterocycles. The molecule has 2 saturated carbocycles. The molecule has 1 heteroatoms. The van der Waals surface area contributed by atoms with Gasteiger partial charge in [-0.25, -0.2) is 0 Å². The summed E-state index contributed by atoms with van der Waals surface area (Å²) in [5, 5.41) is 0. The van der Waals surface area contributed by atoms with Crippen LogP contribution in [0.2, 0.25) is 0 Å². The minimum absolute atomic E-state index is 0.370. The zero-order valence-corrected chi connectivity index (χ0v) is 15.3. The van der Waals surface area contributed by atoms with Gasteiger partial charge in [0, 0.05) is 0 Å². The van der Waals surface area contributed by atoms with Gasteiger partial charge in [-0.3, -0.25) is 0 Å². The summed E-state index contributed by atoms with van der Waals surface area (Å²) in [6.45, 7) is 13.0. The predicted molar refractivity (Wildman–Crippen MR) is 95.6 cm³/mol. The molecular weight excluding hydrogens is 266 g/mol. The number of hydrogen-bond acceptors (Lipinski definition) is 1. The quantitative estimate of drug-likeness (QED) is 0.719. The summed E-state index contributed by atoms with van der Waals surface area (Å²) < 4.78 is 0. The van der Waals surface area contributed by atoms with E-state index in [9.17, 15) is 0 Å². The lowest BCUT2D eigenvalue weighted by molar-refractivity contribution is -0.0572. The van der Waals surface area contributed by atoms with E-state index in [1.807, 2.05) is 0 Å². The molecule has 3 rings (SSSR count). The molecule has 124 valence electrons. The second-order valence-corrected chi connectivity index (χ2v) is 9.18. The van der Waals surface area contributed by atoms with Crippen LogP contribution < -0.4 is 5.73 Å². The summed E-state index contributed by atoms with van der Waals surface area (Å²) in [5.74, 6) is 2.26. The standard InChI is InChI=1S/C21H35N/c1-14(2)17-12-16-7-8-19-20(4,13-22)9-6-10-21(19,5)18(16)11-15(17)3/h12,14,18-19H,6-11,13,22H2,1-5H3/t18?,19-,20-,21+/m0/s1. The van der Waals surface area contributed by atoms with Gasteiger partial charge >= 0.3 is 0 Å². The first-order valence-electron chi connectivity index (χ1n) is 9.42. The van der Waals surface area contributed by atoms with Crippen molar-refractivity contribution in [1.82, 2.24) is 0 Å². The zero-order valence-electron chi connectivity index (χ0n) is 15.3. The van der Waals surface area contributed by atoms with Gasteiger partial charge in [0.1, 0.15) is 0 Å². The molecule has 1 unspecified atom stereocenters. The van der Waals surface area contributed by atoms with Crippen molar-refractivity contribution in [3.8, 4) is 0 Å². The molecule has 2 fully saturated rings. The highest BCUT2D eigenvalue weighted by Gasteiger charge is 2.54. The van der Waals surface area contributed by atoms with Gasteiger partial charge in [0.15, 0.2) is 0 Å². The topological polar surface area (TPSA) is 26.0 Å². The van der Waals surface area contributed by atoms with Crippen LogP contribution >= 0.6 is 0 Å². The first-order chi connectivity index (χ1) is 10.3. The van der Waals surface area contributed by atoms with Crippen molar-refractivity contribution in [2.45, 2.75) is 73.1 Å². The van der Waals surface area contributed by atoms with Crippen LogP contribution in [0.3, 0.4) is 0 Å². The first kappa shape index (κ1) is 16.3. The van der Waals surface area contributed by atoms with E-state index < -0.39 is 0 Å². The molecule has 22 heavy (non-hydrogen) atoms. The van der Waals surface area contributed by atoms with Gasteiger partial charge in [-0.1, -0.05) is 51.3 Å². The van der Waals surface area contributed by atoms with E-state index in [0.29, 0.717) is 16.7 Å². The van der Waals surface area contributed by atoms with Gasteiger partial charge in [-0.05, 0) is 79.7 Å². The van der Waals surface area contributed by atoms with Crippen LogP contribution in [0.1, 0.15) is 73.1 Å². The third-order valence-corrected chi connectivity index (χ3v) is 7.50. The van der Waals surface area contributed by atoms with Crippen LogP contribution in [-0.4, -0.2) is 6.54 Å². The molecule has 0 radical (unpaired) electrons. The van der Waals surface area contributed by atoms with E-state index >= 15 is 0 Å². The average Bonchev–Trinajstić information content (AvgIpc) is 2.47. The van der Waals surface area contributed by atoms with Crippen molar-refractivity contribution >= 4 is 0 Å². The normalized spacial score (nSPS) is 42.0. The number of hydrogen-bond donors (Lipinski definition) is 1.